The first kappa shape index (κ1) is 14.9. The van der Waals surface area contributed by atoms with Crippen LogP contribution < -0.4 is 14.8 Å². The van der Waals surface area contributed by atoms with Crippen LogP contribution in [0.2, 0.25) is 0 Å². The van der Waals surface area contributed by atoms with Crippen LogP contribution in [-0.4, -0.2) is 25.2 Å². The minimum absolute atomic E-state index is 0.107. The quantitative estimate of drug-likeness (QED) is 0.942. The summed E-state index contributed by atoms with van der Waals surface area (Å²) in [5.41, 5.74) is 4.74. The van der Waals surface area contributed by atoms with E-state index in [4.69, 9.17) is 9.47 Å². The lowest BCUT2D eigenvalue weighted by molar-refractivity contribution is 0.305. The normalized spacial score (nSPS) is 17.0. The molecule has 0 amide bonds. The number of hydrogen-bond donors (Lipinski definition) is 1. The van der Waals surface area contributed by atoms with Crippen molar-refractivity contribution >= 4 is 0 Å². The maximum Gasteiger partial charge on any atom is 0.164 e. The van der Waals surface area contributed by atoms with Crippen LogP contribution in [0.15, 0.2) is 30.5 Å². The zero-order chi connectivity index (χ0) is 15.5. The molecule has 3 rings (SSSR count). The van der Waals surface area contributed by atoms with Crippen LogP contribution in [-0.2, 0) is 6.42 Å². The van der Waals surface area contributed by atoms with Gasteiger partial charge in [-0.3, -0.25) is 4.98 Å². The highest BCUT2D eigenvalue weighted by molar-refractivity contribution is 5.54. The fourth-order valence-electron chi connectivity index (χ4n) is 3.11. The average Bonchev–Trinajstić information content (AvgIpc) is 2.55. The van der Waals surface area contributed by atoms with E-state index < -0.39 is 0 Å². The fourth-order valence-corrected chi connectivity index (χ4v) is 3.11. The van der Waals surface area contributed by atoms with E-state index in [0.29, 0.717) is 6.61 Å². The minimum Gasteiger partial charge on any atom is -0.493 e. The van der Waals surface area contributed by atoms with Crippen molar-refractivity contribution in [3.63, 3.8) is 0 Å². The van der Waals surface area contributed by atoms with Crippen molar-refractivity contribution in [2.24, 2.45) is 0 Å². The Labute approximate surface area is 131 Å². The van der Waals surface area contributed by atoms with Gasteiger partial charge in [-0.05, 0) is 43.5 Å². The van der Waals surface area contributed by atoms with Crippen molar-refractivity contribution in [1.29, 1.82) is 0 Å². The van der Waals surface area contributed by atoms with Crippen molar-refractivity contribution in [3.8, 4) is 11.5 Å². The Kier molecular flexibility index (Phi) is 4.29. The number of ether oxygens (including phenoxy) is 2. The van der Waals surface area contributed by atoms with E-state index in [1.54, 1.807) is 7.11 Å². The summed E-state index contributed by atoms with van der Waals surface area (Å²) in [6.45, 7) is 5.64. The fraction of sp³-hybridized carbons (Fsp3) is 0.389. The van der Waals surface area contributed by atoms with Gasteiger partial charge < -0.3 is 14.8 Å². The molecular weight excluding hydrogens is 276 g/mol. The maximum absolute atomic E-state index is 5.87. The van der Waals surface area contributed by atoms with E-state index in [-0.39, 0.29) is 6.04 Å². The predicted octanol–water partition coefficient (Wildman–Crippen LogP) is 3.03. The Hall–Kier alpha value is -2.07. The van der Waals surface area contributed by atoms with Crippen LogP contribution in [0.4, 0.5) is 0 Å². The largest absolute Gasteiger partial charge is 0.493 e. The van der Waals surface area contributed by atoms with Crippen molar-refractivity contribution in [1.82, 2.24) is 10.3 Å². The van der Waals surface area contributed by atoms with Gasteiger partial charge in [0.1, 0.15) is 0 Å². The average molecular weight is 298 g/mol. The summed E-state index contributed by atoms with van der Waals surface area (Å²) < 4.78 is 11.3. The van der Waals surface area contributed by atoms with Gasteiger partial charge in [-0.15, -0.1) is 0 Å². The topological polar surface area (TPSA) is 43.4 Å². The number of fused-ring (bicyclic) bond motifs is 1. The van der Waals surface area contributed by atoms with E-state index in [0.717, 1.165) is 30.2 Å². The summed E-state index contributed by atoms with van der Waals surface area (Å²) in [5, 5.41) is 3.58. The van der Waals surface area contributed by atoms with Crippen LogP contribution in [0.3, 0.4) is 0 Å². The molecule has 0 saturated carbocycles. The summed E-state index contributed by atoms with van der Waals surface area (Å²) in [6.07, 6.45) is 2.79. The summed E-state index contributed by atoms with van der Waals surface area (Å²) >= 11 is 0. The lowest BCUT2D eigenvalue weighted by atomic mass is 9.90. The molecule has 0 saturated heterocycles. The van der Waals surface area contributed by atoms with Gasteiger partial charge in [-0.25, -0.2) is 0 Å². The first-order chi connectivity index (χ1) is 10.8. The molecule has 116 valence electrons. The highest BCUT2D eigenvalue weighted by Gasteiger charge is 2.27. The zero-order valence-electron chi connectivity index (χ0n) is 13.3. The Morgan fingerprint density at radius 2 is 2.18 bits per heavy atom. The molecule has 1 aromatic heterocycles. The maximum atomic E-state index is 5.87. The third kappa shape index (κ3) is 2.55. The van der Waals surface area contributed by atoms with Crippen LogP contribution >= 0.6 is 0 Å². The first-order valence-electron chi connectivity index (χ1n) is 7.73. The standard InChI is InChI=1S/C18H22N2O2/c1-4-22-18-14-9-11-20-17(13(14)7-8-15(18)21-3)16-12(2)6-5-10-19-16/h5-8,10,17,20H,4,9,11H2,1-3H3. The van der Waals surface area contributed by atoms with E-state index in [1.165, 1.54) is 16.7 Å². The van der Waals surface area contributed by atoms with E-state index in [2.05, 4.69) is 29.4 Å². The Bertz CT molecular complexity index is 670. The predicted molar refractivity (Wildman–Crippen MR) is 86.7 cm³/mol. The number of benzene rings is 1. The van der Waals surface area contributed by atoms with Gasteiger partial charge in [0, 0.05) is 18.3 Å². The molecule has 4 nitrogen and oxygen atoms in total. The number of aromatic nitrogens is 1. The lowest BCUT2D eigenvalue weighted by Gasteiger charge is -2.29. The van der Waals surface area contributed by atoms with Crippen LogP contribution in [0.1, 0.15) is 35.3 Å². The van der Waals surface area contributed by atoms with Gasteiger partial charge in [-0.2, -0.15) is 0 Å². The molecule has 1 atom stereocenters. The molecule has 0 fully saturated rings. The van der Waals surface area contributed by atoms with Gasteiger partial charge in [0.05, 0.1) is 25.5 Å². The van der Waals surface area contributed by atoms with E-state index in [9.17, 15) is 0 Å². The molecule has 4 heteroatoms. The van der Waals surface area contributed by atoms with Crippen LogP contribution in [0.5, 0.6) is 11.5 Å². The molecule has 0 radical (unpaired) electrons. The minimum atomic E-state index is 0.107. The summed E-state index contributed by atoms with van der Waals surface area (Å²) in [7, 11) is 1.69. The van der Waals surface area contributed by atoms with Crippen molar-refractivity contribution in [2.45, 2.75) is 26.3 Å². The Morgan fingerprint density at radius 1 is 1.32 bits per heavy atom. The van der Waals surface area contributed by atoms with Gasteiger partial charge in [-0.1, -0.05) is 12.1 Å². The highest BCUT2D eigenvalue weighted by atomic mass is 16.5. The molecular formula is C18H22N2O2. The molecule has 2 heterocycles. The van der Waals surface area contributed by atoms with E-state index in [1.807, 2.05) is 25.3 Å². The smallest absolute Gasteiger partial charge is 0.164 e. The number of nitrogens with one attached hydrogen (secondary N) is 1. The zero-order valence-corrected chi connectivity index (χ0v) is 13.3. The van der Waals surface area contributed by atoms with Gasteiger partial charge in [0.15, 0.2) is 11.5 Å². The molecule has 1 aliphatic rings. The number of hydrogen-bond acceptors (Lipinski definition) is 4. The third-order valence-electron chi connectivity index (χ3n) is 4.13. The monoisotopic (exact) mass is 298 g/mol. The molecule has 0 spiro atoms. The van der Waals surface area contributed by atoms with E-state index >= 15 is 0 Å². The number of aryl methyl sites for hydroxylation is 1. The molecule has 22 heavy (non-hydrogen) atoms. The number of methoxy groups -OCH3 is 1. The van der Waals surface area contributed by atoms with Crippen LogP contribution in [0, 0.1) is 6.92 Å². The van der Waals surface area contributed by atoms with Crippen molar-refractivity contribution in [2.75, 3.05) is 20.3 Å². The third-order valence-corrected chi connectivity index (χ3v) is 4.13. The Morgan fingerprint density at radius 3 is 2.91 bits per heavy atom. The number of nitrogens with zero attached hydrogens (tertiary/aromatic N) is 1. The van der Waals surface area contributed by atoms with Gasteiger partial charge in [0.2, 0.25) is 0 Å². The molecule has 1 aromatic carbocycles. The lowest BCUT2D eigenvalue weighted by Crippen LogP contribution is -2.32. The summed E-state index contributed by atoms with van der Waals surface area (Å²) in [5.74, 6) is 1.68. The molecule has 2 aromatic rings. The van der Waals surface area contributed by atoms with Crippen molar-refractivity contribution in [3.05, 3.63) is 52.8 Å². The molecule has 0 bridgehead atoms. The van der Waals surface area contributed by atoms with Gasteiger partial charge in [0.25, 0.3) is 0 Å². The summed E-state index contributed by atoms with van der Waals surface area (Å²) in [6, 6.07) is 8.30. The second kappa shape index (κ2) is 6.36. The second-order valence-electron chi connectivity index (χ2n) is 5.44. The van der Waals surface area contributed by atoms with Crippen LogP contribution in [0.25, 0.3) is 0 Å². The molecule has 1 aliphatic heterocycles. The SMILES string of the molecule is CCOc1c(OC)ccc2c1CCNC2c1ncccc1C. The first-order valence-corrected chi connectivity index (χ1v) is 7.73. The van der Waals surface area contributed by atoms with Gasteiger partial charge >= 0.3 is 0 Å². The highest BCUT2D eigenvalue weighted by Crippen LogP contribution is 2.40. The second-order valence-corrected chi connectivity index (χ2v) is 5.44. The number of rotatable bonds is 4. The Balaban J connectivity index is 2.11. The molecule has 1 unspecified atom stereocenters. The molecule has 1 N–H and O–H groups in total. The van der Waals surface area contributed by atoms with Crippen molar-refractivity contribution < 1.29 is 9.47 Å². The molecule has 0 aliphatic carbocycles. The number of pyridine rings is 1. The summed E-state index contributed by atoms with van der Waals surface area (Å²) in [4.78, 5) is 4.58.